The molecule has 0 aliphatic carbocycles. The molecule has 0 saturated heterocycles. The van der Waals surface area contributed by atoms with E-state index in [4.69, 9.17) is 14.6 Å². The standard InChI is InChI=1S/C10H13FO3/c1-13-10-6-8(7-12)2-3-9(10)14-5-4-11/h2-3,6,12H,4-5,7H2,1H3. The molecule has 0 aliphatic heterocycles. The minimum absolute atomic E-state index is 0.00876. The number of hydrogen-bond acceptors (Lipinski definition) is 3. The van der Waals surface area contributed by atoms with Gasteiger partial charge in [-0.2, -0.15) is 0 Å². The van der Waals surface area contributed by atoms with E-state index in [0.29, 0.717) is 11.5 Å². The third-order valence-electron chi connectivity index (χ3n) is 1.75. The second-order valence-electron chi connectivity index (χ2n) is 2.68. The highest BCUT2D eigenvalue weighted by Gasteiger charge is 2.04. The molecule has 0 aliphatic rings. The molecular weight excluding hydrogens is 187 g/mol. The Morgan fingerprint density at radius 1 is 1.36 bits per heavy atom. The third-order valence-corrected chi connectivity index (χ3v) is 1.75. The number of rotatable bonds is 5. The van der Waals surface area contributed by atoms with Crippen molar-refractivity contribution in [3.63, 3.8) is 0 Å². The van der Waals surface area contributed by atoms with Crippen LogP contribution in [-0.4, -0.2) is 25.5 Å². The van der Waals surface area contributed by atoms with Gasteiger partial charge in [-0.3, -0.25) is 0 Å². The highest BCUT2D eigenvalue weighted by atomic mass is 19.1. The molecule has 0 fully saturated rings. The molecule has 0 unspecified atom stereocenters. The van der Waals surface area contributed by atoms with E-state index in [1.807, 2.05) is 0 Å². The normalized spacial score (nSPS) is 9.93. The summed E-state index contributed by atoms with van der Waals surface area (Å²) in [5.41, 5.74) is 0.731. The summed E-state index contributed by atoms with van der Waals surface area (Å²) in [6.07, 6.45) is 0. The minimum Gasteiger partial charge on any atom is -0.493 e. The van der Waals surface area contributed by atoms with Crippen molar-refractivity contribution in [2.45, 2.75) is 6.61 Å². The second kappa shape index (κ2) is 5.44. The van der Waals surface area contributed by atoms with Crippen LogP contribution in [0.4, 0.5) is 4.39 Å². The molecule has 1 aromatic carbocycles. The first-order valence-electron chi connectivity index (χ1n) is 4.28. The molecule has 14 heavy (non-hydrogen) atoms. The van der Waals surface area contributed by atoms with Gasteiger partial charge < -0.3 is 14.6 Å². The van der Waals surface area contributed by atoms with E-state index in [-0.39, 0.29) is 13.2 Å². The van der Waals surface area contributed by atoms with Crippen molar-refractivity contribution in [2.24, 2.45) is 0 Å². The number of alkyl halides is 1. The number of aliphatic hydroxyl groups excluding tert-OH is 1. The summed E-state index contributed by atoms with van der Waals surface area (Å²) in [7, 11) is 1.50. The summed E-state index contributed by atoms with van der Waals surface area (Å²) in [5.74, 6) is 0.993. The van der Waals surface area contributed by atoms with Crippen molar-refractivity contribution in [1.29, 1.82) is 0 Å². The Bertz CT molecular complexity index is 289. The van der Waals surface area contributed by atoms with Gasteiger partial charge in [0.25, 0.3) is 0 Å². The number of benzene rings is 1. The van der Waals surface area contributed by atoms with Crippen molar-refractivity contribution >= 4 is 0 Å². The molecule has 0 saturated carbocycles. The van der Waals surface area contributed by atoms with Gasteiger partial charge in [0, 0.05) is 0 Å². The zero-order chi connectivity index (χ0) is 10.4. The molecule has 78 valence electrons. The van der Waals surface area contributed by atoms with Gasteiger partial charge in [0.15, 0.2) is 11.5 Å². The van der Waals surface area contributed by atoms with Gasteiger partial charge in [-0.05, 0) is 17.7 Å². The van der Waals surface area contributed by atoms with Crippen molar-refractivity contribution in [2.75, 3.05) is 20.4 Å². The Balaban J connectivity index is 2.82. The van der Waals surface area contributed by atoms with E-state index in [2.05, 4.69) is 0 Å². The molecule has 0 radical (unpaired) electrons. The van der Waals surface area contributed by atoms with Crippen molar-refractivity contribution in [1.82, 2.24) is 0 Å². The Labute approximate surface area is 82.1 Å². The lowest BCUT2D eigenvalue weighted by molar-refractivity contribution is 0.258. The van der Waals surface area contributed by atoms with Gasteiger partial charge in [0.05, 0.1) is 13.7 Å². The van der Waals surface area contributed by atoms with Gasteiger partial charge in [0.2, 0.25) is 0 Å². The zero-order valence-electron chi connectivity index (χ0n) is 8.00. The summed E-state index contributed by atoms with van der Waals surface area (Å²) in [6, 6.07) is 5.02. The van der Waals surface area contributed by atoms with Gasteiger partial charge in [0.1, 0.15) is 13.3 Å². The largest absolute Gasteiger partial charge is 0.493 e. The van der Waals surface area contributed by atoms with Crippen molar-refractivity contribution < 1.29 is 19.0 Å². The fraction of sp³-hybridized carbons (Fsp3) is 0.400. The van der Waals surface area contributed by atoms with Crippen LogP contribution in [0.25, 0.3) is 0 Å². The first-order valence-corrected chi connectivity index (χ1v) is 4.28. The Morgan fingerprint density at radius 2 is 2.14 bits per heavy atom. The summed E-state index contributed by atoms with van der Waals surface area (Å²) < 4.78 is 22.0. The van der Waals surface area contributed by atoms with Crippen LogP contribution >= 0.6 is 0 Å². The van der Waals surface area contributed by atoms with Gasteiger partial charge in [-0.25, -0.2) is 4.39 Å². The topological polar surface area (TPSA) is 38.7 Å². The highest BCUT2D eigenvalue weighted by molar-refractivity contribution is 5.42. The average molecular weight is 200 g/mol. The third kappa shape index (κ3) is 2.60. The Hall–Kier alpha value is -1.29. The molecule has 4 heteroatoms. The highest BCUT2D eigenvalue weighted by Crippen LogP contribution is 2.27. The lowest BCUT2D eigenvalue weighted by Crippen LogP contribution is -2.01. The van der Waals surface area contributed by atoms with Crippen LogP contribution in [0.3, 0.4) is 0 Å². The Morgan fingerprint density at radius 3 is 2.71 bits per heavy atom. The molecule has 0 atom stereocenters. The quantitative estimate of drug-likeness (QED) is 0.783. The summed E-state index contributed by atoms with van der Waals surface area (Å²) in [6.45, 7) is -0.584. The number of methoxy groups -OCH3 is 1. The average Bonchev–Trinajstić information content (AvgIpc) is 2.26. The number of halogens is 1. The lowest BCUT2D eigenvalue weighted by atomic mass is 10.2. The maximum absolute atomic E-state index is 11.9. The molecule has 3 nitrogen and oxygen atoms in total. The fourth-order valence-electron chi connectivity index (χ4n) is 1.08. The van der Waals surface area contributed by atoms with Gasteiger partial charge >= 0.3 is 0 Å². The van der Waals surface area contributed by atoms with E-state index in [1.54, 1.807) is 18.2 Å². The predicted molar refractivity (Wildman–Crippen MR) is 50.4 cm³/mol. The van der Waals surface area contributed by atoms with E-state index in [0.717, 1.165) is 5.56 Å². The van der Waals surface area contributed by atoms with Crippen molar-refractivity contribution in [3.05, 3.63) is 23.8 Å². The first-order chi connectivity index (χ1) is 6.81. The van der Waals surface area contributed by atoms with Crippen LogP contribution in [0.1, 0.15) is 5.56 Å². The van der Waals surface area contributed by atoms with E-state index >= 15 is 0 Å². The summed E-state index contributed by atoms with van der Waals surface area (Å²) in [4.78, 5) is 0. The lowest BCUT2D eigenvalue weighted by Gasteiger charge is -2.10. The molecule has 0 spiro atoms. The van der Waals surface area contributed by atoms with E-state index in [9.17, 15) is 4.39 Å². The van der Waals surface area contributed by atoms with Crippen LogP contribution in [-0.2, 0) is 6.61 Å². The van der Waals surface area contributed by atoms with Crippen molar-refractivity contribution in [3.8, 4) is 11.5 Å². The molecule has 1 N–H and O–H groups in total. The second-order valence-corrected chi connectivity index (χ2v) is 2.68. The maximum atomic E-state index is 11.9. The molecule has 0 aromatic heterocycles. The number of aliphatic hydroxyl groups is 1. The SMILES string of the molecule is COc1cc(CO)ccc1OCCF. The number of hydrogen-bond donors (Lipinski definition) is 1. The van der Waals surface area contributed by atoms with Gasteiger partial charge in [-0.1, -0.05) is 6.07 Å². The van der Waals surface area contributed by atoms with Crippen LogP contribution < -0.4 is 9.47 Å². The molecular formula is C10H13FO3. The Kier molecular flexibility index (Phi) is 4.19. The van der Waals surface area contributed by atoms with Crippen LogP contribution in [0.2, 0.25) is 0 Å². The molecule has 0 heterocycles. The summed E-state index contributed by atoms with van der Waals surface area (Å²) in [5, 5.41) is 8.87. The molecule has 1 aromatic rings. The zero-order valence-corrected chi connectivity index (χ0v) is 8.00. The molecule has 0 bridgehead atoms. The summed E-state index contributed by atoms with van der Waals surface area (Å²) >= 11 is 0. The molecule has 0 amide bonds. The predicted octanol–water partition coefficient (Wildman–Crippen LogP) is 1.54. The van der Waals surface area contributed by atoms with Crippen LogP contribution in [0, 0.1) is 0 Å². The van der Waals surface area contributed by atoms with Crippen LogP contribution in [0.15, 0.2) is 18.2 Å². The van der Waals surface area contributed by atoms with E-state index in [1.165, 1.54) is 7.11 Å². The van der Waals surface area contributed by atoms with Gasteiger partial charge in [-0.15, -0.1) is 0 Å². The van der Waals surface area contributed by atoms with E-state index < -0.39 is 6.67 Å². The molecule has 1 rings (SSSR count). The number of ether oxygens (including phenoxy) is 2. The monoisotopic (exact) mass is 200 g/mol. The fourth-order valence-corrected chi connectivity index (χ4v) is 1.08. The smallest absolute Gasteiger partial charge is 0.161 e. The minimum atomic E-state index is -0.537. The maximum Gasteiger partial charge on any atom is 0.161 e. The van der Waals surface area contributed by atoms with Crippen LogP contribution in [0.5, 0.6) is 11.5 Å². The first kappa shape index (κ1) is 10.8.